The molecule has 0 bridgehead atoms. The van der Waals surface area contributed by atoms with Gasteiger partial charge in [-0.15, -0.1) is 0 Å². The van der Waals surface area contributed by atoms with Crippen LogP contribution in [-0.2, 0) is 0 Å². The van der Waals surface area contributed by atoms with Gasteiger partial charge in [-0.05, 0) is 32.1 Å². The van der Waals surface area contributed by atoms with E-state index in [4.69, 9.17) is 0 Å². The Hall–Kier alpha value is -0.520. The van der Waals surface area contributed by atoms with Crippen molar-refractivity contribution in [2.24, 2.45) is 5.92 Å². The monoisotopic (exact) mass is 166 g/mol. The number of hydrogen-bond donors (Lipinski definition) is 0. The Labute approximate surface area is 77.4 Å². The van der Waals surface area contributed by atoms with Gasteiger partial charge in [-0.2, -0.15) is 0 Å². The van der Waals surface area contributed by atoms with Gasteiger partial charge in [0.05, 0.1) is 0 Å². The highest BCUT2D eigenvalue weighted by atomic mass is 14.1. The van der Waals surface area contributed by atoms with E-state index in [1.807, 2.05) is 0 Å². The van der Waals surface area contributed by atoms with Gasteiger partial charge < -0.3 is 0 Å². The first-order valence-corrected chi connectivity index (χ1v) is 5.06. The van der Waals surface area contributed by atoms with Crippen LogP contribution in [0.2, 0.25) is 0 Å². The Morgan fingerprint density at radius 1 is 1.33 bits per heavy atom. The Morgan fingerprint density at radius 2 is 2.00 bits per heavy atom. The molecule has 0 aliphatic carbocycles. The van der Waals surface area contributed by atoms with E-state index in [0.717, 1.165) is 5.92 Å². The molecule has 0 aromatic carbocycles. The van der Waals surface area contributed by atoms with Crippen molar-refractivity contribution in [2.45, 2.75) is 47.0 Å². The van der Waals surface area contributed by atoms with Crippen LogP contribution in [-0.4, -0.2) is 0 Å². The van der Waals surface area contributed by atoms with Gasteiger partial charge in [0.1, 0.15) is 0 Å². The van der Waals surface area contributed by atoms with E-state index in [1.165, 1.54) is 19.3 Å². The molecule has 12 heavy (non-hydrogen) atoms. The number of rotatable bonds is 5. The topological polar surface area (TPSA) is 0 Å². The van der Waals surface area contributed by atoms with E-state index >= 15 is 0 Å². The summed E-state index contributed by atoms with van der Waals surface area (Å²) in [5, 5.41) is 0. The summed E-state index contributed by atoms with van der Waals surface area (Å²) < 4.78 is 0. The summed E-state index contributed by atoms with van der Waals surface area (Å²) in [7, 11) is 0. The largest absolute Gasteiger partial charge is 0.0916 e. The summed E-state index contributed by atoms with van der Waals surface area (Å²) >= 11 is 0. The van der Waals surface area contributed by atoms with Gasteiger partial charge in [0.2, 0.25) is 0 Å². The van der Waals surface area contributed by atoms with Crippen molar-refractivity contribution in [2.75, 3.05) is 0 Å². The molecule has 0 spiro atoms. The van der Waals surface area contributed by atoms with Gasteiger partial charge in [0.25, 0.3) is 0 Å². The molecule has 0 nitrogen and oxygen atoms in total. The predicted octanol–water partition coefficient (Wildman–Crippen LogP) is 4.34. The summed E-state index contributed by atoms with van der Waals surface area (Å²) in [6.45, 7) is 8.85. The highest BCUT2D eigenvalue weighted by Gasteiger charge is 2.03. The minimum atomic E-state index is 0.728. The summed E-state index contributed by atoms with van der Waals surface area (Å²) in [6, 6.07) is 0. The molecule has 0 rings (SSSR count). The first-order chi connectivity index (χ1) is 5.76. The van der Waals surface area contributed by atoms with Crippen LogP contribution in [0.3, 0.4) is 0 Å². The van der Waals surface area contributed by atoms with Gasteiger partial charge in [0.15, 0.2) is 0 Å². The molecule has 0 aromatic heterocycles. The van der Waals surface area contributed by atoms with E-state index in [-0.39, 0.29) is 0 Å². The third-order valence-corrected chi connectivity index (χ3v) is 2.23. The fourth-order valence-electron chi connectivity index (χ4n) is 1.45. The van der Waals surface area contributed by atoms with Crippen LogP contribution in [0, 0.1) is 5.92 Å². The molecule has 0 aromatic rings. The van der Waals surface area contributed by atoms with E-state index in [2.05, 4.69) is 45.9 Å². The second kappa shape index (κ2) is 7.15. The van der Waals surface area contributed by atoms with Crippen molar-refractivity contribution in [1.29, 1.82) is 0 Å². The van der Waals surface area contributed by atoms with Crippen molar-refractivity contribution >= 4 is 0 Å². The predicted molar refractivity (Wildman–Crippen MR) is 57.3 cm³/mol. The van der Waals surface area contributed by atoms with E-state index < -0.39 is 0 Å². The molecular weight excluding hydrogens is 144 g/mol. The molecule has 0 aliphatic heterocycles. The molecule has 0 N–H and O–H groups in total. The smallest absolute Gasteiger partial charge is 0.0197 e. The minimum Gasteiger partial charge on any atom is -0.0916 e. The van der Waals surface area contributed by atoms with Crippen molar-refractivity contribution in [3.63, 3.8) is 0 Å². The van der Waals surface area contributed by atoms with Crippen LogP contribution in [0.1, 0.15) is 47.0 Å². The summed E-state index contributed by atoms with van der Waals surface area (Å²) in [5.41, 5.74) is 1.61. The summed E-state index contributed by atoms with van der Waals surface area (Å²) in [6.07, 6.45) is 10.3. The Kier molecular flexibility index (Phi) is 6.84. The molecule has 0 aliphatic rings. The Balaban J connectivity index is 4.02. The first-order valence-electron chi connectivity index (χ1n) is 5.06. The van der Waals surface area contributed by atoms with Gasteiger partial charge in [-0.25, -0.2) is 0 Å². The van der Waals surface area contributed by atoms with Crippen LogP contribution < -0.4 is 0 Å². The number of hydrogen-bond acceptors (Lipinski definition) is 0. The molecule has 1 unspecified atom stereocenters. The molecule has 0 heteroatoms. The fraction of sp³-hybridized carbons (Fsp3) is 0.667. The average molecular weight is 166 g/mol. The Morgan fingerprint density at radius 3 is 2.42 bits per heavy atom. The van der Waals surface area contributed by atoms with E-state index in [1.54, 1.807) is 5.57 Å². The number of allylic oxidation sites excluding steroid dienone is 4. The third-order valence-electron chi connectivity index (χ3n) is 2.23. The van der Waals surface area contributed by atoms with Crippen LogP contribution in [0.25, 0.3) is 0 Å². The molecule has 0 saturated heterocycles. The molecule has 0 saturated carbocycles. The Bertz CT molecular complexity index is 151. The maximum Gasteiger partial charge on any atom is -0.0197 e. The fourth-order valence-corrected chi connectivity index (χ4v) is 1.45. The third kappa shape index (κ3) is 4.38. The summed E-state index contributed by atoms with van der Waals surface area (Å²) in [5.74, 6) is 0.728. The van der Waals surface area contributed by atoms with Crippen LogP contribution in [0.4, 0.5) is 0 Å². The maximum absolute atomic E-state index is 2.37. The van der Waals surface area contributed by atoms with Crippen molar-refractivity contribution in [3.05, 3.63) is 23.8 Å². The molecule has 0 fully saturated rings. The normalized spacial score (nSPS) is 15.5. The SMILES string of the molecule is CC=CCC(C)C(=CCC)CC. The van der Waals surface area contributed by atoms with E-state index in [9.17, 15) is 0 Å². The van der Waals surface area contributed by atoms with Crippen LogP contribution in [0.15, 0.2) is 23.8 Å². The zero-order valence-corrected chi connectivity index (χ0v) is 8.93. The lowest BCUT2D eigenvalue weighted by Gasteiger charge is -2.11. The summed E-state index contributed by atoms with van der Waals surface area (Å²) in [4.78, 5) is 0. The van der Waals surface area contributed by atoms with Crippen LogP contribution in [0.5, 0.6) is 0 Å². The lowest BCUT2D eigenvalue weighted by atomic mass is 9.94. The van der Waals surface area contributed by atoms with Crippen molar-refractivity contribution < 1.29 is 0 Å². The van der Waals surface area contributed by atoms with Crippen LogP contribution >= 0.6 is 0 Å². The standard InChI is InChI=1S/C12H22/c1-5-8-10-11(4)12(7-3)9-6-2/h5,8-9,11H,6-7,10H2,1-4H3. The van der Waals surface area contributed by atoms with Gasteiger partial charge >= 0.3 is 0 Å². The molecule has 70 valence electrons. The minimum absolute atomic E-state index is 0.728. The zero-order valence-electron chi connectivity index (χ0n) is 8.93. The lowest BCUT2D eigenvalue weighted by molar-refractivity contribution is 0.663. The molecule has 0 heterocycles. The highest BCUT2D eigenvalue weighted by molar-refractivity contribution is 5.06. The molecular formula is C12H22. The quantitative estimate of drug-likeness (QED) is 0.533. The first kappa shape index (κ1) is 11.5. The average Bonchev–Trinajstić information content (AvgIpc) is 2.10. The maximum atomic E-state index is 2.37. The van der Waals surface area contributed by atoms with Gasteiger partial charge in [0, 0.05) is 0 Å². The molecule has 1 atom stereocenters. The zero-order chi connectivity index (χ0) is 9.40. The molecule has 0 radical (unpaired) electrons. The van der Waals surface area contributed by atoms with Gasteiger partial charge in [-0.3, -0.25) is 0 Å². The lowest BCUT2D eigenvalue weighted by Crippen LogP contribution is -1.96. The van der Waals surface area contributed by atoms with E-state index in [0.29, 0.717) is 0 Å². The molecule has 0 amide bonds. The highest BCUT2D eigenvalue weighted by Crippen LogP contribution is 2.18. The second-order valence-corrected chi connectivity index (χ2v) is 3.25. The van der Waals surface area contributed by atoms with Crippen molar-refractivity contribution in [3.8, 4) is 0 Å². The second-order valence-electron chi connectivity index (χ2n) is 3.25. The van der Waals surface area contributed by atoms with Gasteiger partial charge in [-0.1, -0.05) is 44.6 Å². The van der Waals surface area contributed by atoms with Crippen molar-refractivity contribution in [1.82, 2.24) is 0 Å².